The number of carbonyl (C=O) groups is 1. The van der Waals surface area contributed by atoms with Crippen LogP contribution in [0.2, 0.25) is 0 Å². The molecule has 2 heteroatoms. The zero-order chi connectivity index (χ0) is 14.7. The van der Waals surface area contributed by atoms with Crippen molar-refractivity contribution in [3.63, 3.8) is 0 Å². The van der Waals surface area contributed by atoms with Crippen LogP contribution in [0, 0.1) is 6.92 Å². The monoisotopic (exact) mass is 279 g/mol. The Hall–Kier alpha value is -1.93. The van der Waals surface area contributed by atoms with Gasteiger partial charge in [-0.1, -0.05) is 48.5 Å². The number of hydrogen-bond donors (Lipinski definition) is 0. The van der Waals surface area contributed by atoms with E-state index >= 15 is 0 Å². The Balaban J connectivity index is 1.74. The van der Waals surface area contributed by atoms with Crippen molar-refractivity contribution in [2.24, 2.45) is 0 Å². The lowest BCUT2D eigenvalue weighted by molar-refractivity contribution is 0.0926. The van der Waals surface area contributed by atoms with Gasteiger partial charge in [0.25, 0.3) is 0 Å². The number of ketones is 1. The van der Waals surface area contributed by atoms with E-state index in [2.05, 4.69) is 29.2 Å². The molecule has 0 radical (unpaired) electrons. The van der Waals surface area contributed by atoms with Gasteiger partial charge in [-0.2, -0.15) is 0 Å². The van der Waals surface area contributed by atoms with Gasteiger partial charge in [0.1, 0.15) is 0 Å². The smallest absolute Gasteiger partial charge is 0.177 e. The highest BCUT2D eigenvalue weighted by atomic mass is 16.1. The van der Waals surface area contributed by atoms with Crippen LogP contribution in [0.3, 0.4) is 0 Å². The summed E-state index contributed by atoms with van der Waals surface area (Å²) in [5.74, 6) is 0.229. The number of aryl methyl sites for hydroxylation is 2. The van der Waals surface area contributed by atoms with E-state index in [9.17, 15) is 4.79 Å². The topological polar surface area (TPSA) is 20.3 Å². The number of fused-ring (bicyclic) bond motifs is 1. The van der Waals surface area contributed by atoms with Crippen molar-refractivity contribution in [2.75, 3.05) is 13.1 Å². The summed E-state index contributed by atoms with van der Waals surface area (Å²) in [6, 6.07) is 16.5. The molecule has 0 amide bonds. The summed E-state index contributed by atoms with van der Waals surface area (Å²) < 4.78 is 0. The van der Waals surface area contributed by atoms with Crippen molar-refractivity contribution in [1.82, 2.24) is 4.90 Å². The van der Waals surface area contributed by atoms with Crippen molar-refractivity contribution in [1.29, 1.82) is 0 Å². The van der Waals surface area contributed by atoms with E-state index in [0.29, 0.717) is 6.54 Å². The molecule has 0 saturated heterocycles. The summed E-state index contributed by atoms with van der Waals surface area (Å²) in [7, 11) is 0. The molecule has 0 aliphatic carbocycles. The fraction of sp³-hybridized carbons (Fsp3) is 0.316. The van der Waals surface area contributed by atoms with Crippen molar-refractivity contribution >= 4 is 5.78 Å². The number of rotatable bonds is 3. The molecule has 0 unspecified atom stereocenters. The van der Waals surface area contributed by atoms with Crippen LogP contribution in [0.4, 0.5) is 0 Å². The van der Waals surface area contributed by atoms with Crippen LogP contribution in [0.5, 0.6) is 0 Å². The number of nitrogens with zero attached hydrogens (tertiary/aromatic N) is 1. The van der Waals surface area contributed by atoms with Gasteiger partial charge in [0.15, 0.2) is 5.78 Å². The Labute approximate surface area is 126 Å². The first-order chi connectivity index (χ1) is 10.2. The fourth-order valence-electron chi connectivity index (χ4n) is 3.08. The molecule has 0 aromatic heterocycles. The average Bonchev–Trinajstić information content (AvgIpc) is 2.69. The fourth-order valence-corrected chi connectivity index (χ4v) is 3.08. The second-order valence-electron chi connectivity index (χ2n) is 5.82. The molecule has 3 rings (SSSR count). The molecule has 0 atom stereocenters. The molecular formula is C19H21NO. The second kappa shape index (κ2) is 6.23. The van der Waals surface area contributed by atoms with E-state index in [1.54, 1.807) is 0 Å². The van der Waals surface area contributed by atoms with E-state index in [1.807, 2.05) is 31.2 Å². The van der Waals surface area contributed by atoms with Crippen molar-refractivity contribution in [3.8, 4) is 0 Å². The number of benzene rings is 2. The van der Waals surface area contributed by atoms with Crippen LogP contribution in [-0.4, -0.2) is 23.8 Å². The summed E-state index contributed by atoms with van der Waals surface area (Å²) in [5.41, 5.74) is 4.73. The molecule has 0 fully saturated rings. The summed E-state index contributed by atoms with van der Waals surface area (Å²) in [5, 5.41) is 0. The standard InChI is InChI=1S/C19H21NO/c1-15-7-2-5-11-18(15)19(21)14-20-12-6-10-16-8-3-4-9-17(16)13-20/h2-5,7-9,11H,6,10,12-14H2,1H3. The average molecular weight is 279 g/mol. The van der Waals surface area contributed by atoms with Gasteiger partial charge in [0.05, 0.1) is 6.54 Å². The van der Waals surface area contributed by atoms with Gasteiger partial charge in [-0.25, -0.2) is 0 Å². The first-order valence-corrected chi connectivity index (χ1v) is 7.62. The highest BCUT2D eigenvalue weighted by molar-refractivity contribution is 5.98. The molecule has 108 valence electrons. The van der Waals surface area contributed by atoms with Crippen LogP contribution in [0.25, 0.3) is 0 Å². The third kappa shape index (κ3) is 3.22. The maximum absolute atomic E-state index is 12.5. The molecule has 0 spiro atoms. The zero-order valence-electron chi connectivity index (χ0n) is 12.5. The summed E-state index contributed by atoms with van der Waals surface area (Å²) in [6.07, 6.45) is 2.24. The SMILES string of the molecule is Cc1ccccc1C(=O)CN1CCCc2ccccc2C1. The van der Waals surface area contributed by atoms with E-state index in [0.717, 1.165) is 37.1 Å². The van der Waals surface area contributed by atoms with Gasteiger partial charge >= 0.3 is 0 Å². The molecule has 1 aliphatic heterocycles. The quantitative estimate of drug-likeness (QED) is 0.800. The minimum atomic E-state index is 0.229. The van der Waals surface area contributed by atoms with E-state index < -0.39 is 0 Å². The van der Waals surface area contributed by atoms with Crippen molar-refractivity contribution < 1.29 is 4.79 Å². The van der Waals surface area contributed by atoms with E-state index in [4.69, 9.17) is 0 Å². The highest BCUT2D eigenvalue weighted by Gasteiger charge is 2.18. The minimum Gasteiger partial charge on any atom is -0.293 e. The van der Waals surface area contributed by atoms with Gasteiger partial charge in [-0.3, -0.25) is 9.69 Å². The largest absolute Gasteiger partial charge is 0.293 e. The second-order valence-corrected chi connectivity index (χ2v) is 5.82. The first-order valence-electron chi connectivity index (χ1n) is 7.62. The predicted octanol–water partition coefficient (Wildman–Crippen LogP) is 3.63. The lowest BCUT2D eigenvalue weighted by Crippen LogP contribution is -2.30. The summed E-state index contributed by atoms with van der Waals surface area (Å²) in [6.45, 7) is 4.39. The van der Waals surface area contributed by atoms with Crippen LogP contribution in [-0.2, 0) is 13.0 Å². The molecule has 0 N–H and O–H groups in total. The highest BCUT2D eigenvalue weighted by Crippen LogP contribution is 2.19. The summed E-state index contributed by atoms with van der Waals surface area (Å²) >= 11 is 0. The van der Waals surface area contributed by atoms with Crippen LogP contribution >= 0.6 is 0 Å². The third-order valence-corrected chi connectivity index (χ3v) is 4.25. The maximum Gasteiger partial charge on any atom is 0.177 e. The van der Waals surface area contributed by atoms with Gasteiger partial charge in [0.2, 0.25) is 0 Å². The summed E-state index contributed by atoms with van der Waals surface area (Å²) in [4.78, 5) is 14.8. The lowest BCUT2D eigenvalue weighted by Gasteiger charge is -2.20. The molecule has 0 bridgehead atoms. The normalized spacial score (nSPS) is 15.3. The van der Waals surface area contributed by atoms with Crippen LogP contribution in [0.1, 0.15) is 33.5 Å². The van der Waals surface area contributed by atoms with Gasteiger partial charge in [-0.05, 0) is 43.0 Å². The van der Waals surface area contributed by atoms with E-state index in [1.165, 1.54) is 11.1 Å². The molecule has 1 aliphatic rings. The van der Waals surface area contributed by atoms with Crippen LogP contribution < -0.4 is 0 Å². The number of Topliss-reactive ketones (excluding diaryl/α,β-unsaturated/α-hetero) is 1. The minimum absolute atomic E-state index is 0.229. The lowest BCUT2D eigenvalue weighted by atomic mass is 10.0. The Kier molecular flexibility index (Phi) is 4.16. The number of carbonyl (C=O) groups excluding carboxylic acids is 1. The van der Waals surface area contributed by atoms with Gasteiger partial charge < -0.3 is 0 Å². The maximum atomic E-state index is 12.5. The third-order valence-electron chi connectivity index (χ3n) is 4.25. The Morgan fingerprint density at radius 3 is 2.57 bits per heavy atom. The van der Waals surface area contributed by atoms with Crippen molar-refractivity contribution in [3.05, 3.63) is 70.8 Å². The first kappa shape index (κ1) is 14.0. The van der Waals surface area contributed by atoms with Gasteiger partial charge in [0, 0.05) is 12.1 Å². The molecule has 21 heavy (non-hydrogen) atoms. The molecule has 2 aromatic carbocycles. The molecule has 1 heterocycles. The molecule has 2 nitrogen and oxygen atoms in total. The molecular weight excluding hydrogens is 258 g/mol. The van der Waals surface area contributed by atoms with Crippen LogP contribution in [0.15, 0.2) is 48.5 Å². The zero-order valence-corrected chi connectivity index (χ0v) is 12.5. The molecule has 0 saturated carbocycles. The van der Waals surface area contributed by atoms with Crippen molar-refractivity contribution in [2.45, 2.75) is 26.3 Å². The predicted molar refractivity (Wildman–Crippen MR) is 85.5 cm³/mol. The number of hydrogen-bond acceptors (Lipinski definition) is 2. The molecule has 2 aromatic rings. The van der Waals surface area contributed by atoms with E-state index in [-0.39, 0.29) is 5.78 Å². The van der Waals surface area contributed by atoms with Gasteiger partial charge in [-0.15, -0.1) is 0 Å². The Morgan fingerprint density at radius 2 is 1.76 bits per heavy atom. The Bertz CT molecular complexity index is 648. The Morgan fingerprint density at radius 1 is 1.05 bits per heavy atom.